The van der Waals surface area contributed by atoms with Crippen LogP contribution in [0.1, 0.15) is 51.0 Å². The van der Waals surface area contributed by atoms with Gasteiger partial charge in [-0.15, -0.1) is 0 Å². The first-order valence-electron chi connectivity index (χ1n) is 10.0. The van der Waals surface area contributed by atoms with E-state index in [2.05, 4.69) is 43.0 Å². The van der Waals surface area contributed by atoms with Crippen LogP contribution in [-0.4, -0.2) is 55.8 Å². The summed E-state index contributed by atoms with van der Waals surface area (Å²) in [6.45, 7) is 5.07. The molecule has 0 radical (unpaired) electrons. The molecule has 0 N–H and O–H groups in total. The molecule has 3 aliphatic heterocycles. The number of anilines is 1. The molecular weight excluding hydrogens is 326 g/mol. The standard InChI is InChI=1S/C21H31N3O2/c1-21-11-14-22(2)19(21)23(3)18-10-9-16(15-17(18)21)26-20(25)24-12-7-5-4-6-8-13-24/h9-10,15,19H,4-8,11-14H2,1-3H3/t19-,21-/m0/s1. The predicted octanol–water partition coefficient (Wildman–Crippen LogP) is 3.82. The predicted molar refractivity (Wildman–Crippen MR) is 104 cm³/mol. The van der Waals surface area contributed by atoms with Crippen molar-refractivity contribution in [1.29, 1.82) is 0 Å². The summed E-state index contributed by atoms with van der Waals surface area (Å²) in [6.07, 6.45) is 7.20. The van der Waals surface area contributed by atoms with Crippen molar-refractivity contribution in [2.24, 2.45) is 0 Å². The van der Waals surface area contributed by atoms with E-state index >= 15 is 0 Å². The van der Waals surface area contributed by atoms with Gasteiger partial charge in [-0.1, -0.05) is 26.2 Å². The Morgan fingerprint density at radius 3 is 2.50 bits per heavy atom. The maximum Gasteiger partial charge on any atom is 0.415 e. The Morgan fingerprint density at radius 1 is 1.08 bits per heavy atom. The first-order valence-corrected chi connectivity index (χ1v) is 10.0. The summed E-state index contributed by atoms with van der Waals surface area (Å²) in [4.78, 5) is 19.3. The van der Waals surface area contributed by atoms with Crippen LogP contribution in [0.3, 0.4) is 0 Å². The highest BCUT2D eigenvalue weighted by atomic mass is 16.6. The Morgan fingerprint density at radius 2 is 1.77 bits per heavy atom. The lowest BCUT2D eigenvalue weighted by atomic mass is 9.81. The van der Waals surface area contributed by atoms with Gasteiger partial charge in [-0.05, 0) is 50.1 Å². The van der Waals surface area contributed by atoms with Gasteiger partial charge in [0.25, 0.3) is 0 Å². The highest BCUT2D eigenvalue weighted by molar-refractivity contribution is 5.72. The van der Waals surface area contributed by atoms with Crippen molar-refractivity contribution in [2.45, 2.75) is 57.0 Å². The zero-order valence-corrected chi connectivity index (χ0v) is 16.3. The molecule has 1 amide bonds. The monoisotopic (exact) mass is 357 g/mol. The molecule has 2 saturated heterocycles. The quantitative estimate of drug-likeness (QED) is 0.765. The minimum Gasteiger partial charge on any atom is -0.410 e. The summed E-state index contributed by atoms with van der Waals surface area (Å²) < 4.78 is 5.79. The summed E-state index contributed by atoms with van der Waals surface area (Å²) in [6, 6.07) is 6.16. The summed E-state index contributed by atoms with van der Waals surface area (Å²) in [7, 11) is 4.36. The Hall–Kier alpha value is -1.75. The molecule has 0 bridgehead atoms. The second kappa shape index (κ2) is 6.76. The maximum absolute atomic E-state index is 12.6. The summed E-state index contributed by atoms with van der Waals surface area (Å²) >= 11 is 0. The number of rotatable bonds is 1. The number of amides is 1. The van der Waals surface area contributed by atoms with Gasteiger partial charge in [0.15, 0.2) is 0 Å². The van der Waals surface area contributed by atoms with Crippen molar-refractivity contribution in [2.75, 3.05) is 38.6 Å². The molecular formula is C21H31N3O2. The van der Waals surface area contributed by atoms with Gasteiger partial charge in [0, 0.05) is 37.8 Å². The van der Waals surface area contributed by atoms with E-state index in [-0.39, 0.29) is 11.5 Å². The fourth-order valence-corrected chi connectivity index (χ4v) is 5.21. The number of fused-ring (bicyclic) bond motifs is 3. The fourth-order valence-electron chi connectivity index (χ4n) is 5.21. The van der Waals surface area contributed by atoms with E-state index in [1.54, 1.807) is 0 Å². The van der Waals surface area contributed by atoms with Crippen LogP contribution in [0.25, 0.3) is 0 Å². The molecule has 2 fully saturated rings. The molecule has 5 heteroatoms. The van der Waals surface area contributed by atoms with Crippen LogP contribution in [0.15, 0.2) is 18.2 Å². The Kier molecular flexibility index (Phi) is 4.59. The van der Waals surface area contributed by atoms with Crippen molar-refractivity contribution in [3.63, 3.8) is 0 Å². The lowest BCUT2D eigenvalue weighted by Gasteiger charge is -2.32. The van der Waals surface area contributed by atoms with Gasteiger partial charge in [0.05, 0.1) is 6.17 Å². The van der Waals surface area contributed by atoms with Crippen LogP contribution in [-0.2, 0) is 5.41 Å². The molecule has 3 heterocycles. The largest absolute Gasteiger partial charge is 0.415 e. The fraction of sp³-hybridized carbons (Fsp3) is 0.667. The van der Waals surface area contributed by atoms with E-state index in [0.29, 0.717) is 11.9 Å². The summed E-state index contributed by atoms with van der Waals surface area (Å²) in [5.41, 5.74) is 2.67. The topological polar surface area (TPSA) is 36.0 Å². The van der Waals surface area contributed by atoms with Crippen LogP contribution in [0.5, 0.6) is 5.75 Å². The number of ether oxygens (including phenoxy) is 1. The van der Waals surface area contributed by atoms with Crippen LogP contribution >= 0.6 is 0 Å². The van der Waals surface area contributed by atoms with Crippen LogP contribution in [0.4, 0.5) is 10.5 Å². The second-order valence-corrected chi connectivity index (χ2v) is 8.43. The minimum atomic E-state index is -0.191. The number of nitrogens with zero attached hydrogens (tertiary/aromatic N) is 3. The molecule has 26 heavy (non-hydrogen) atoms. The smallest absolute Gasteiger partial charge is 0.410 e. The van der Waals surface area contributed by atoms with Gasteiger partial charge >= 0.3 is 6.09 Å². The summed E-state index contributed by atoms with van der Waals surface area (Å²) in [5.74, 6) is 0.681. The average Bonchev–Trinajstić information content (AvgIpc) is 3.00. The molecule has 1 aromatic carbocycles. The maximum atomic E-state index is 12.6. The normalized spacial score (nSPS) is 29.1. The molecule has 3 aliphatic rings. The SMILES string of the molecule is CN1CC[C@@]2(C)c3cc(OC(=O)N4CCCCCCC4)ccc3N(C)[C@H]12. The number of likely N-dealkylation sites (tertiary alicyclic amines) is 2. The molecule has 1 aromatic rings. The molecule has 2 atom stereocenters. The highest BCUT2D eigenvalue weighted by Crippen LogP contribution is 2.51. The van der Waals surface area contributed by atoms with Gasteiger partial charge in [-0.2, -0.15) is 0 Å². The van der Waals surface area contributed by atoms with Gasteiger partial charge < -0.3 is 14.5 Å². The zero-order valence-electron chi connectivity index (χ0n) is 16.3. The highest BCUT2D eigenvalue weighted by Gasteiger charge is 2.52. The van der Waals surface area contributed by atoms with Crippen molar-refractivity contribution in [1.82, 2.24) is 9.80 Å². The molecule has 0 aliphatic carbocycles. The Bertz CT molecular complexity index is 684. The van der Waals surface area contributed by atoms with Crippen LogP contribution in [0, 0.1) is 0 Å². The molecule has 0 aromatic heterocycles. The number of benzene rings is 1. The Labute approximate surface area is 156 Å². The van der Waals surface area contributed by atoms with E-state index < -0.39 is 0 Å². The molecule has 5 nitrogen and oxygen atoms in total. The first kappa shape index (κ1) is 17.7. The molecule has 0 unspecified atom stereocenters. The van der Waals surface area contributed by atoms with Crippen molar-refractivity contribution >= 4 is 11.8 Å². The average molecular weight is 357 g/mol. The number of hydrogen-bond acceptors (Lipinski definition) is 4. The lowest BCUT2D eigenvalue weighted by molar-refractivity contribution is 0.147. The summed E-state index contributed by atoms with van der Waals surface area (Å²) in [5, 5.41) is 0. The van der Waals surface area contributed by atoms with Gasteiger partial charge in [-0.3, -0.25) is 4.90 Å². The Balaban J connectivity index is 1.53. The van der Waals surface area contributed by atoms with Crippen molar-refractivity contribution in [3.05, 3.63) is 23.8 Å². The van der Waals surface area contributed by atoms with Gasteiger partial charge in [-0.25, -0.2) is 4.79 Å². The number of likely N-dealkylation sites (N-methyl/N-ethyl adjacent to an activating group) is 2. The second-order valence-electron chi connectivity index (χ2n) is 8.43. The van der Waals surface area contributed by atoms with Gasteiger partial charge in [0.1, 0.15) is 5.75 Å². The van der Waals surface area contributed by atoms with E-state index in [4.69, 9.17) is 4.74 Å². The third kappa shape index (κ3) is 2.86. The van der Waals surface area contributed by atoms with E-state index in [1.165, 1.54) is 30.5 Å². The third-order valence-corrected chi connectivity index (χ3v) is 6.62. The number of hydrogen-bond donors (Lipinski definition) is 0. The zero-order chi connectivity index (χ0) is 18.3. The van der Waals surface area contributed by atoms with Crippen molar-refractivity contribution < 1.29 is 9.53 Å². The van der Waals surface area contributed by atoms with Crippen molar-refractivity contribution in [3.8, 4) is 5.75 Å². The van der Waals surface area contributed by atoms with E-state index in [9.17, 15) is 4.79 Å². The van der Waals surface area contributed by atoms with E-state index in [1.807, 2.05) is 11.0 Å². The lowest BCUT2D eigenvalue weighted by Crippen LogP contribution is -2.45. The molecule has 0 spiro atoms. The van der Waals surface area contributed by atoms with Crippen LogP contribution < -0.4 is 9.64 Å². The number of carbonyl (C=O) groups is 1. The first-order chi connectivity index (χ1) is 12.5. The minimum absolute atomic E-state index is 0.0990. The van der Waals surface area contributed by atoms with Gasteiger partial charge in [0.2, 0.25) is 0 Å². The molecule has 0 saturated carbocycles. The molecule has 4 rings (SSSR count). The van der Waals surface area contributed by atoms with Crippen LogP contribution in [0.2, 0.25) is 0 Å². The number of carbonyl (C=O) groups excluding carboxylic acids is 1. The third-order valence-electron chi connectivity index (χ3n) is 6.62. The molecule has 142 valence electrons. The van der Waals surface area contributed by atoms with E-state index in [0.717, 1.165) is 38.9 Å².